The molecular formula is C13H18N2O3. The number of carbonyl (C=O) groups excluding carboxylic acids is 1. The lowest BCUT2D eigenvalue weighted by Gasteiger charge is -2.17. The van der Waals surface area contributed by atoms with Gasteiger partial charge in [0.1, 0.15) is 12.0 Å². The van der Waals surface area contributed by atoms with Crippen molar-refractivity contribution in [2.24, 2.45) is 0 Å². The number of nitrogens with one attached hydrogen (secondary N) is 1. The smallest absolute Gasteiger partial charge is 0.293 e. The third-order valence-corrected chi connectivity index (χ3v) is 2.84. The zero-order chi connectivity index (χ0) is 13.5. The van der Waals surface area contributed by atoms with Crippen molar-refractivity contribution in [3.8, 4) is 0 Å². The molecule has 1 rings (SSSR count). The standard InChI is InChI=1S/C13H18N2O3/c1-3-5-11(4-2)14-12-7-6-10(9-16)8-13(12)15(17)18/h6-9,11,14H,3-5H2,1-2H3. The van der Waals surface area contributed by atoms with E-state index in [1.54, 1.807) is 12.1 Å². The molecular weight excluding hydrogens is 232 g/mol. The molecule has 5 heteroatoms. The quantitative estimate of drug-likeness (QED) is 0.457. The monoisotopic (exact) mass is 250 g/mol. The van der Waals surface area contributed by atoms with Gasteiger partial charge in [-0.1, -0.05) is 20.3 Å². The van der Waals surface area contributed by atoms with Gasteiger partial charge in [0.2, 0.25) is 0 Å². The molecule has 0 aliphatic rings. The van der Waals surface area contributed by atoms with Crippen molar-refractivity contribution >= 4 is 17.7 Å². The molecule has 1 N–H and O–H groups in total. The maximum atomic E-state index is 11.0. The first-order valence-corrected chi connectivity index (χ1v) is 6.12. The fourth-order valence-corrected chi connectivity index (χ4v) is 1.84. The zero-order valence-corrected chi connectivity index (χ0v) is 10.7. The van der Waals surface area contributed by atoms with E-state index in [1.165, 1.54) is 6.07 Å². The van der Waals surface area contributed by atoms with Gasteiger partial charge in [-0.2, -0.15) is 0 Å². The molecule has 1 unspecified atom stereocenters. The highest BCUT2D eigenvalue weighted by Crippen LogP contribution is 2.26. The first kappa shape index (κ1) is 14.2. The predicted octanol–water partition coefficient (Wildman–Crippen LogP) is 3.40. The summed E-state index contributed by atoms with van der Waals surface area (Å²) in [6, 6.07) is 4.70. The van der Waals surface area contributed by atoms with Crippen LogP contribution in [0.15, 0.2) is 18.2 Å². The van der Waals surface area contributed by atoms with Gasteiger partial charge >= 0.3 is 0 Å². The Labute approximate surface area is 106 Å². The van der Waals surface area contributed by atoms with Crippen LogP contribution < -0.4 is 5.32 Å². The summed E-state index contributed by atoms with van der Waals surface area (Å²) < 4.78 is 0. The van der Waals surface area contributed by atoms with Gasteiger partial charge < -0.3 is 5.32 Å². The largest absolute Gasteiger partial charge is 0.377 e. The van der Waals surface area contributed by atoms with Gasteiger partial charge in [-0.3, -0.25) is 14.9 Å². The Bertz CT molecular complexity index is 432. The molecule has 98 valence electrons. The summed E-state index contributed by atoms with van der Waals surface area (Å²) in [6.07, 6.45) is 3.50. The van der Waals surface area contributed by atoms with E-state index in [0.717, 1.165) is 19.3 Å². The first-order chi connectivity index (χ1) is 8.62. The van der Waals surface area contributed by atoms with E-state index in [4.69, 9.17) is 0 Å². The summed E-state index contributed by atoms with van der Waals surface area (Å²) in [7, 11) is 0. The summed E-state index contributed by atoms with van der Waals surface area (Å²) in [4.78, 5) is 21.1. The number of anilines is 1. The molecule has 1 aromatic rings. The van der Waals surface area contributed by atoms with Crippen LogP contribution in [0.3, 0.4) is 0 Å². The van der Waals surface area contributed by atoms with E-state index < -0.39 is 4.92 Å². The Morgan fingerprint density at radius 3 is 2.67 bits per heavy atom. The second kappa shape index (κ2) is 6.74. The Morgan fingerprint density at radius 2 is 2.17 bits per heavy atom. The Morgan fingerprint density at radius 1 is 1.44 bits per heavy atom. The molecule has 1 aromatic carbocycles. The highest BCUT2D eigenvalue weighted by molar-refractivity contribution is 5.79. The molecule has 0 aliphatic carbocycles. The summed E-state index contributed by atoms with van der Waals surface area (Å²) >= 11 is 0. The van der Waals surface area contributed by atoms with Gasteiger partial charge in [-0.25, -0.2) is 0 Å². The van der Waals surface area contributed by atoms with Crippen LogP contribution in [0.1, 0.15) is 43.5 Å². The fourth-order valence-electron chi connectivity index (χ4n) is 1.84. The van der Waals surface area contributed by atoms with E-state index in [1.807, 2.05) is 6.92 Å². The summed E-state index contributed by atoms with van der Waals surface area (Å²) in [5.74, 6) is 0. The molecule has 0 saturated heterocycles. The average Bonchev–Trinajstić information content (AvgIpc) is 2.38. The van der Waals surface area contributed by atoms with Crippen LogP contribution in [-0.4, -0.2) is 17.3 Å². The average molecular weight is 250 g/mol. The van der Waals surface area contributed by atoms with Crippen molar-refractivity contribution < 1.29 is 9.72 Å². The number of rotatable bonds is 7. The van der Waals surface area contributed by atoms with Gasteiger partial charge in [0.15, 0.2) is 0 Å². The van der Waals surface area contributed by atoms with Gasteiger partial charge in [-0.15, -0.1) is 0 Å². The Hall–Kier alpha value is -1.91. The molecule has 1 atom stereocenters. The van der Waals surface area contributed by atoms with E-state index in [0.29, 0.717) is 17.5 Å². The van der Waals surface area contributed by atoms with Crippen molar-refractivity contribution in [1.29, 1.82) is 0 Å². The van der Waals surface area contributed by atoms with Gasteiger partial charge in [-0.05, 0) is 25.0 Å². The fraction of sp³-hybridized carbons (Fsp3) is 0.462. The maximum Gasteiger partial charge on any atom is 0.293 e. The van der Waals surface area contributed by atoms with Gasteiger partial charge in [0, 0.05) is 17.7 Å². The van der Waals surface area contributed by atoms with E-state index >= 15 is 0 Å². The van der Waals surface area contributed by atoms with Crippen LogP contribution in [0.5, 0.6) is 0 Å². The number of nitro groups is 1. The van der Waals surface area contributed by atoms with E-state index in [-0.39, 0.29) is 11.7 Å². The van der Waals surface area contributed by atoms with Crippen LogP contribution in [-0.2, 0) is 0 Å². The first-order valence-electron chi connectivity index (χ1n) is 6.12. The number of hydrogen-bond donors (Lipinski definition) is 1. The Kier molecular flexibility index (Phi) is 5.30. The van der Waals surface area contributed by atoms with E-state index in [9.17, 15) is 14.9 Å². The third-order valence-electron chi connectivity index (χ3n) is 2.84. The van der Waals surface area contributed by atoms with Gasteiger partial charge in [0.25, 0.3) is 5.69 Å². The normalized spacial score (nSPS) is 11.9. The Balaban J connectivity index is 3.00. The number of nitro benzene ring substituents is 1. The second-order valence-corrected chi connectivity index (χ2v) is 4.19. The molecule has 0 saturated carbocycles. The third kappa shape index (κ3) is 3.55. The van der Waals surface area contributed by atoms with Crippen molar-refractivity contribution in [2.75, 3.05) is 5.32 Å². The van der Waals surface area contributed by atoms with Crippen molar-refractivity contribution in [1.82, 2.24) is 0 Å². The van der Waals surface area contributed by atoms with Crippen molar-refractivity contribution in [3.63, 3.8) is 0 Å². The van der Waals surface area contributed by atoms with Crippen LogP contribution in [0.2, 0.25) is 0 Å². The lowest BCUT2D eigenvalue weighted by Crippen LogP contribution is -2.18. The SMILES string of the molecule is CCCC(CC)Nc1ccc(C=O)cc1[N+](=O)[O-]. The second-order valence-electron chi connectivity index (χ2n) is 4.19. The number of benzene rings is 1. The van der Waals surface area contributed by atoms with Crippen LogP contribution in [0.4, 0.5) is 11.4 Å². The highest BCUT2D eigenvalue weighted by Gasteiger charge is 2.16. The number of nitrogens with zero attached hydrogens (tertiary/aromatic N) is 1. The highest BCUT2D eigenvalue weighted by atomic mass is 16.6. The van der Waals surface area contributed by atoms with Crippen LogP contribution in [0.25, 0.3) is 0 Å². The minimum Gasteiger partial charge on any atom is -0.377 e. The lowest BCUT2D eigenvalue weighted by molar-refractivity contribution is -0.384. The molecule has 0 amide bonds. The summed E-state index contributed by atoms with van der Waals surface area (Å²) in [6.45, 7) is 4.12. The van der Waals surface area contributed by atoms with Gasteiger partial charge in [0.05, 0.1) is 4.92 Å². The zero-order valence-electron chi connectivity index (χ0n) is 10.7. The molecule has 0 heterocycles. The van der Waals surface area contributed by atoms with Crippen molar-refractivity contribution in [2.45, 2.75) is 39.2 Å². The van der Waals surface area contributed by atoms with Crippen molar-refractivity contribution in [3.05, 3.63) is 33.9 Å². The molecule has 0 bridgehead atoms. The minimum absolute atomic E-state index is 0.0471. The molecule has 0 radical (unpaired) electrons. The molecule has 5 nitrogen and oxygen atoms in total. The molecule has 18 heavy (non-hydrogen) atoms. The van der Waals surface area contributed by atoms with Crippen LogP contribution >= 0.6 is 0 Å². The number of carbonyl (C=O) groups is 1. The predicted molar refractivity (Wildman–Crippen MR) is 71.1 cm³/mol. The lowest BCUT2D eigenvalue weighted by atomic mass is 10.1. The molecule has 0 fully saturated rings. The summed E-state index contributed by atoms with van der Waals surface area (Å²) in [5.41, 5.74) is 0.746. The topological polar surface area (TPSA) is 72.2 Å². The van der Waals surface area contributed by atoms with E-state index in [2.05, 4.69) is 12.2 Å². The molecule has 0 aliphatic heterocycles. The maximum absolute atomic E-state index is 11.0. The summed E-state index contributed by atoms with van der Waals surface area (Å²) in [5, 5.41) is 14.1. The molecule has 0 spiro atoms. The molecule has 0 aromatic heterocycles. The van der Waals surface area contributed by atoms with Crippen LogP contribution in [0, 0.1) is 10.1 Å². The number of hydrogen-bond acceptors (Lipinski definition) is 4. The number of aldehydes is 1. The minimum atomic E-state index is -0.464.